The number of nitrogens with one attached hydrogen (secondary N) is 3. The van der Waals surface area contributed by atoms with Crippen molar-refractivity contribution in [1.29, 1.82) is 0 Å². The lowest BCUT2D eigenvalue weighted by Crippen LogP contribution is -2.14. The third-order valence-corrected chi connectivity index (χ3v) is 3.91. The van der Waals surface area contributed by atoms with Gasteiger partial charge >= 0.3 is 0 Å². The van der Waals surface area contributed by atoms with Gasteiger partial charge < -0.3 is 19.8 Å². The highest BCUT2D eigenvalue weighted by Crippen LogP contribution is 2.37. The zero-order chi connectivity index (χ0) is 17.8. The third-order valence-electron chi connectivity index (χ3n) is 3.49. The van der Waals surface area contributed by atoms with Gasteiger partial charge in [0.2, 0.25) is 12.2 Å². The molecule has 0 saturated heterocycles. The second-order valence-electron chi connectivity index (χ2n) is 5.23. The number of carbonyl (C=O) groups is 2. The first-order chi connectivity index (χ1) is 12.1. The van der Waals surface area contributed by atoms with E-state index in [-0.39, 0.29) is 5.76 Å². The first-order valence-electron chi connectivity index (χ1n) is 7.42. The highest BCUT2D eigenvalue weighted by molar-refractivity contribution is 7.99. The summed E-state index contributed by atoms with van der Waals surface area (Å²) in [6.07, 6.45) is 4.04. The Morgan fingerprint density at radius 3 is 2.80 bits per heavy atom. The van der Waals surface area contributed by atoms with E-state index in [4.69, 9.17) is 4.42 Å². The maximum atomic E-state index is 12.6. The molecule has 0 spiro atoms. The molecule has 8 heteroatoms. The van der Waals surface area contributed by atoms with E-state index < -0.39 is 5.91 Å². The van der Waals surface area contributed by atoms with E-state index in [9.17, 15) is 9.59 Å². The summed E-state index contributed by atoms with van der Waals surface area (Å²) in [5.74, 6) is -0.0811. The number of amides is 2. The van der Waals surface area contributed by atoms with Crippen LogP contribution in [0, 0.1) is 6.92 Å². The van der Waals surface area contributed by atoms with Crippen molar-refractivity contribution in [3.8, 4) is 0 Å². The van der Waals surface area contributed by atoms with E-state index in [0.29, 0.717) is 28.9 Å². The Hall–Kier alpha value is -3.00. The Kier molecular flexibility index (Phi) is 4.90. The molecule has 0 aliphatic heterocycles. The van der Waals surface area contributed by atoms with Crippen LogP contribution in [-0.2, 0) is 4.79 Å². The summed E-state index contributed by atoms with van der Waals surface area (Å²) in [5.41, 5.74) is 2.53. The molecule has 0 bridgehead atoms. The molecule has 0 aliphatic carbocycles. The number of benzene rings is 1. The molecule has 1 aromatic carbocycles. The fourth-order valence-corrected chi connectivity index (χ4v) is 2.80. The van der Waals surface area contributed by atoms with Crippen LogP contribution in [-0.4, -0.2) is 23.6 Å². The molecular weight excluding hydrogens is 340 g/mol. The van der Waals surface area contributed by atoms with Gasteiger partial charge in [-0.3, -0.25) is 9.59 Å². The summed E-state index contributed by atoms with van der Waals surface area (Å²) in [7, 11) is 0. The summed E-state index contributed by atoms with van der Waals surface area (Å²) in [6.45, 7) is 1.91. The van der Waals surface area contributed by atoms with Crippen molar-refractivity contribution in [2.75, 3.05) is 21.6 Å². The monoisotopic (exact) mass is 356 g/mol. The van der Waals surface area contributed by atoms with Gasteiger partial charge in [0, 0.05) is 12.5 Å². The third kappa shape index (κ3) is 3.43. The number of pyridine rings is 1. The van der Waals surface area contributed by atoms with Crippen LogP contribution >= 0.6 is 11.9 Å². The van der Waals surface area contributed by atoms with Gasteiger partial charge in [-0.2, -0.15) is 0 Å². The van der Waals surface area contributed by atoms with Gasteiger partial charge in [0.15, 0.2) is 0 Å². The van der Waals surface area contributed by atoms with Crippen molar-refractivity contribution in [3.05, 3.63) is 47.9 Å². The van der Waals surface area contributed by atoms with Crippen LogP contribution in [0.2, 0.25) is 0 Å². The van der Waals surface area contributed by atoms with Gasteiger partial charge in [0.25, 0.3) is 5.91 Å². The second-order valence-corrected chi connectivity index (χ2v) is 5.84. The van der Waals surface area contributed by atoms with Crippen LogP contribution in [0.1, 0.15) is 16.1 Å². The predicted molar refractivity (Wildman–Crippen MR) is 100.0 cm³/mol. The van der Waals surface area contributed by atoms with Crippen molar-refractivity contribution in [2.24, 2.45) is 0 Å². The number of anilines is 3. The molecule has 2 amide bonds. The maximum absolute atomic E-state index is 12.6. The van der Waals surface area contributed by atoms with Crippen LogP contribution in [0.25, 0.3) is 11.0 Å². The van der Waals surface area contributed by atoms with Crippen molar-refractivity contribution < 1.29 is 14.0 Å². The van der Waals surface area contributed by atoms with E-state index in [2.05, 4.69) is 20.3 Å². The Morgan fingerprint density at radius 2 is 2.12 bits per heavy atom. The number of hydrogen-bond acceptors (Lipinski definition) is 6. The lowest BCUT2D eigenvalue weighted by atomic mass is 10.2. The molecule has 2 aromatic heterocycles. The lowest BCUT2D eigenvalue weighted by molar-refractivity contribution is -0.105. The predicted octanol–water partition coefficient (Wildman–Crippen LogP) is 3.65. The molecule has 25 heavy (non-hydrogen) atoms. The number of aromatic nitrogens is 1. The van der Waals surface area contributed by atoms with Gasteiger partial charge in [0.05, 0.1) is 11.1 Å². The van der Waals surface area contributed by atoms with Crippen LogP contribution in [0.4, 0.5) is 17.2 Å². The van der Waals surface area contributed by atoms with E-state index in [0.717, 1.165) is 11.3 Å². The number of carbonyl (C=O) groups excluding carboxylic acids is 2. The largest absolute Gasteiger partial charge is 0.449 e. The van der Waals surface area contributed by atoms with Gasteiger partial charge in [-0.05, 0) is 30.7 Å². The quantitative estimate of drug-likeness (QED) is 0.461. The van der Waals surface area contributed by atoms with Crippen molar-refractivity contribution in [1.82, 2.24) is 4.98 Å². The number of aryl methyl sites for hydroxylation is 1. The van der Waals surface area contributed by atoms with E-state index in [1.807, 2.05) is 25.3 Å². The van der Waals surface area contributed by atoms with Gasteiger partial charge in [0.1, 0.15) is 17.1 Å². The molecule has 2 heterocycles. The molecule has 0 radical (unpaired) electrons. The summed E-state index contributed by atoms with van der Waals surface area (Å²) >= 11 is 1.40. The van der Waals surface area contributed by atoms with Crippen LogP contribution in [0.5, 0.6) is 0 Å². The fraction of sp³-hybridized carbons (Fsp3) is 0.118. The second kappa shape index (κ2) is 7.27. The van der Waals surface area contributed by atoms with E-state index in [1.54, 1.807) is 24.4 Å². The van der Waals surface area contributed by atoms with E-state index >= 15 is 0 Å². The normalized spacial score (nSPS) is 10.5. The molecule has 0 unspecified atom stereocenters. The standard InChI is InChI=1S/C17H16N4O3S/c1-10-6-7-13(18-8-10)20-17(23)16-15(19-9-22)14-11(21-25-2)4-3-5-12(14)24-16/h3-9,21H,1-2H3,(H,19,22)(H,18,20,23). The van der Waals surface area contributed by atoms with Gasteiger partial charge in [-0.1, -0.05) is 24.1 Å². The van der Waals surface area contributed by atoms with Crippen LogP contribution in [0.3, 0.4) is 0 Å². The molecule has 0 atom stereocenters. The van der Waals surface area contributed by atoms with Crippen LogP contribution in [0.15, 0.2) is 40.9 Å². The molecule has 128 valence electrons. The summed E-state index contributed by atoms with van der Waals surface area (Å²) in [5, 5.41) is 5.87. The molecule has 3 aromatic rings. The SMILES string of the molecule is CSNc1cccc2oc(C(=O)Nc3ccc(C)cn3)c(NC=O)c12. The van der Waals surface area contributed by atoms with Crippen molar-refractivity contribution in [2.45, 2.75) is 6.92 Å². The number of furan rings is 1. The minimum Gasteiger partial charge on any atom is -0.449 e. The Bertz CT molecular complexity index is 922. The average molecular weight is 356 g/mol. The summed E-state index contributed by atoms with van der Waals surface area (Å²) < 4.78 is 8.80. The lowest BCUT2D eigenvalue weighted by Gasteiger charge is -2.06. The number of rotatable bonds is 6. The average Bonchev–Trinajstić information content (AvgIpc) is 2.97. The Labute approximate surface area is 148 Å². The molecule has 0 saturated carbocycles. The number of hydrogen-bond donors (Lipinski definition) is 3. The maximum Gasteiger partial charge on any atom is 0.294 e. The topological polar surface area (TPSA) is 96.3 Å². The van der Waals surface area contributed by atoms with Gasteiger partial charge in [-0.15, -0.1) is 0 Å². The highest BCUT2D eigenvalue weighted by atomic mass is 32.2. The zero-order valence-electron chi connectivity index (χ0n) is 13.6. The number of nitrogens with zero attached hydrogens (tertiary/aromatic N) is 1. The van der Waals surface area contributed by atoms with Crippen LogP contribution < -0.4 is 15.4 Å². The molecule has 7 nitrogen and oxygen atoms in total. The van der Waals surface area contributed by atoms with Crippen molar-refractivity contribution >= 4 is 52.4 Å². The van der Waals surface area contributed by atoms with Crippen molar-refractivity contribution in [3.63, 3.8) is 0 Å². The molecule has 0 aliphatic rings. The van der Waals surface area contributed by atoms with E-state index in [1.165, 1.54) is 11.9 Å². The minimum atomic E-state index is -0.494. The smallest absolute Gasteiger partial charge is 0.294 e. The minimum absolute atomic E-state index is 0.0137. The highest BCUT2D eigenvalue weighted by Gasteiger charge is 2.23. The fourth-order valence-electron chi connectivity index (χ4n) is 2.41. The Morgan fingerprint density at radius 1 is 1.28 bits per heavy atom. The zero-order valence-corrected chi connectivity index (χ0v) is 14.4. The number of fused-ring (bicyclic) bond motifs is 1. The molecule has 0 fully saturated rings. The first kappa shape index (κ1) is 16.8. The molecular formula is C17H16N4O3S. The Balaban J connectivity index is 2.03. The first-order valence-corrected chi connectivity index (χ1v) is 8.65. The summed E-state index contributed by atoms with van der Waals surface area (Å²) in [6, 6.07) is 8.92. The van der Waals surface area contributed by atoms with Gasteiger partial charge in [-0.25, -0.2) is 4.98 Å². The molecule has 3 N–H and O–H groups in total. The summed E-state index contributed by atoms with van der Waals surface area (Å²) in [4.78, 5) is 27.8. The molecule has 3 rings (SSSR count).